The highest BCUT2D eigenvalue weighted by Crippen LogP contribution is 2.19. The zero-order valence-corrected chi connectivity index (χ0v) is 18.9. The molecule has 0 atom stereocenters. The number of thiophene rings is 1. The Bertz CT molecular complexity index is 734. The third-order valence-corrected chi connectivity index (χ3v) is 6.67. The second kappa shape index (κ2) is 10.9. The van der Waals surface area contributed by atoms with Gasteiger partial charge in [0.15, 0.2) is 5.11 Å². The van der Waals surface area contributed by atoms with E-state index in [1.807, 2.05) is 0 Å². The Labute approximate surface area is 179 Å². The summed E-state index contributed by atoms with van der Waals surface area (Å²) in [5, 5.41) is 6.49. The monoisotopic (exact) mass is 415 g/mol. The first kappa shape index (κ1) is 21.3. The number of nitrogens with one attached hydrogen (secondary N) is 1. The van der Waals surface area contributed by atoms with E-state index in [0.29, 0.717) is 0 Å². The normalized spacial score (nSPS) is 15.2. The molecule has 0 amide bonds. The van der Waals surface area contributed by atoms with Gasteiger partial charge in [0, 0.05) is 17.1 Å². The zero-order chi connectivity index (χ0) is 19.8. The van der Waals surface area contributed by atoms with Crippen LogP contribution in [-0.4, -0.2) is 41.1 Å². The first-order valence-corrected chi connectivity index (χ1v) is 11.8. The number of hydrogen-bond acceptors (Lipinski definition) is 3. The van der Waals surface area contributed by atoms with E-state index in [-0.39, 0.29) is 0 Å². The lowest BCUT2D eigenvalue weighted by atomic mass is 10.1. The van der Waals surface area contributed by atoms with Gasteiger partial charge in [-0.1, -0.05) is 31.0 Å². The Morgan fingerprint density at radius 1 is 1.14 bits per heavy atom. The Balaban J connectivity index is 1.60. The van der Waals surface area contributed by atoms with Crippen molar-refractivity contribution in [3.63, 3.8) is 0 Å². The lowest BCUT2D eigenvalue weighted by Crippen LogP contribution is -2.37. The number of thiocarbonyl (C=S) groups is 1. The largest absolute Gasteiger partial charge is 0.344 e. The molecular weight excluding hydrogens is 382 g/mol. The number of rotatable bonds is 7. The van der Waals surface area contributed by atoms with Crippen LogP contribution >= 0.6 is 23.6 Å². The van der Waals surface area contributed by atoms with E-state index >= 15 is 0 Å². The van der Waals surface area contributed by atoms with Crippen molar-refractivity contribution in [3.8, 4) is 0 Å². The minimum atomic E-state index is 0.831. The summed E-state index contributed by atoms with van der Waals surface area (Å²) < 4.78 is 0. The van der Waals surface area contributed by atoms with Crippen molar-refractivity contribution in [2.45, 2.75) is 52.5 Å². The van der Waals surface area contributed by atoms with Crippen LogP contribution in [0.3, 0.4) is 0 Å². The maximum absolute atomic E-state index is 5.83. The lowest BCUT2D eigenvalue weighted by Gasteiger charge is -2.28. The van der Waals surface area contributed by atoms with Gasteiger partial charge in [0.05, 0.1) is 6.54 Å². The molecule has 0 bridgehead atoms. The van der Waals surface area contributed by atoms with Crippen molar-refractivity contribution in [2.75, 3.05) is 31.5 Å². The van der Waals surface area contributed by atoms with Crippen LogP contribution < -0.4 is 5.32 Å². The van der Waals surface area contributed by atoms with E-state index in [2.05, 4.69) is 64.7 Å². The molecule has 1 fully saturated rings. The predicted octanol–water partition coefficient (Wildman–Crippen LogP) is 5.83. The van der Waals surface area contributed by atoms with Crippen LogP contribution in [0.1, 0.15) is 48.1 Å². The molecule has 1 aromatic heterocycles. The van der Waals surface area contributed by atoms with Gasteiger partial charge in [0.1, 0.15) is 0 Å². The molecule has 2 aromatic rings. The van der Waals surface area contributed by atoms with Gasteiger partial charge in [0.2, 0.25) is 0 Å². The molecule has 0 aliphatic carbocycles. The fourth-order valence-electron chi connectivity index (χ4n) is 3.75. The van der Waals surface area contributed by atoms with Crippen LogP contribution in [0.4, 0.5) is 5.69 Å². The van der Waals surface area contributed by atoms with Crippen LogP contribution in [0.15, 0.2) is 35.7 Å². The summed E-state index contributed by atoms with van der Waals surface area (Å²) in [7, 11) is 0. The molecule has 0 radical (unpaired) electrons. The van der Waals surface area contributed by atoms with Gasteiger partial charge in [-0.15, -0.1) is 11.3 Å². The average molecular weight is 416 g/mol. The average Bonchev–Trinajstić information content (AvgIpc) is 3.05. The Hall–Kier alpha value is -1.43. The van der Waals surface area contributed by atoms with Crippen LogP contribution in [-0.2, 0) is 6.54 Å². The smallest absolute Gasteiger partial charge is 0.173 e. The summed E-state index contributed by atoms with van der Waals surface area (Å²) in [6.07, 6.45) is 6.65. The van der Waals surface area contributed by atoms with Crippen LogP contribution in [0.5, 0.6) is 0 Å². The number of nitrogens with zero attached hydrogens (tertiary/aromatic N) is 2. The fraction of sp³-hybridized carbons (Fsp3) is 0.522. The second-order valence-electron chi connectivity index (χ2n) is 7.86. The molecule has 1 aromatic carbocycles. The van der Waals surface area contributed by atoms with Crippen LogP contribution in [0.2, 0.25) is 0 Å². The molecule has 0 saturated carbocycles. The van der Waals surface area contributed by atoms with E-state index in [1.165, 1.54) is 61.3 Å². The highest BCUT2D eigenvalue weighted by molar-refractivity contribution is 7.80. The first-order chi connectivity index (χ1) is 13.6. The third kappa shape index (κ3) is 6.57. The molecule has 152 valence electrons. The van der Waals surface area contributed by atoms with Crippen molar-refractivity contribution in [1.29, 1.82) is 0 Å². The molecule has 0 spiro atoms. The van der Waals surface area contributed by atoms with Gasteiger partial charge in [-0.05, 0) is 93.6 Å². The van der Waals surface area contributed by atoms with Gasteiger partial charge < -0.3 is 15.1 Å². The van der Waals surface area contributed by atoms with E-state index in [1.54, 1.807) is 11.3 Å². The standard InChI is InChI=1S/C23H33N3S2/c1-19-10-11-20(2)22(17-19)24-23(27)26(18-21-9-7-16-28-21)15-8-14-25-12-5-3-4-6-13-25/h7,9-11,16-17H,3-6,8,12-15,18H2,1-2H3,(H,24,27). The molecule has 5 heteroatoms. The van der Waals surface area contributed by atoms with Crippen molar-refractivity contribution in [1.82, 2.24) is 9.80 Å². The summed E-state index contributed by atoms with van der Waals surface area (Å²) in [5.41, 5.74) is 3.60. The number of anilines is 1. The predicted molar refractivity (Wildman–Crippen MR) is 126 cm³/mol. The maximum atomic E-state index is 5.83. The molecule has 3 nitrogen and oxygen atoms in total. The minimum absolute atomic E-state index is 0.831. The highest BCUT2D eigenvalue weighted by Gasteiger charge is 2.14. The van der Waals surface area contributed by atoms with Crippen molar-refractivity contribution in [3.05, 3.63) is 51.7 Å². The molecular formula is C23H33N3S2. The summed E-state index contributed by atoms with van der Waals surface area (Å²) in [5.74, 6) is 0. The summed E-state index contributed by atoms with van der Waals surface area (Å²) >= 11 is 7.64. The quantitative estimate of drug-likeness (QED) is 0.573. The zero-order valence-electron chi connectivity index (χ0n) is 17.2. The maximum Gasteiger partial charge on any atom is 0.173 e. The molecule has 2 heterocycles. The number of aryl methyl sites for hydroxylation is 2. The highest BCUT2D eigenvalue weighted by atomic mass is 32.1. The number of benzene rings is 1. The van der Waals surface area contributed by atoms with Gasteiger partial charge in [-0.2, -0.15) is 0 Å². The molecule has 1 aliphatic heterocycles. The van der Waals surface area contributed by atoms with Crippen LogP contribution in [0, 0.1) is 13.8 Å². The fourth-order valence-corrected chi connectivity index (χ4v) is 4.74. The van der Waals surface area contributed by atoms with E-state index in [9.17, 15) is 0 Å². The Morgan fingerprint density at radius 2 is 1.93 bits per heavy atom. The summed E-state index contributed by atoms with van der Waals surface area (Å²) in [4.78, 5) is 6.33. The molecule has 1 aliphatic rings. The number of likely N-dealkylation sites (tertiary alicyclic amines) is 1. The van der Waals surface area contributed by atoms with Crippen molar-refractivity contribution >= 4 is 34.4 Å². The van der Waals surface area contributed by atoms with Gasteiger partial charge in [0.25, 0.3) is 0 Å². The summed E-state index contributed by atoms with van der Waals surface area (Å²) in [6.45, 7) is 9.82. The van der Waals surface area contributed by atoms with Gasteiger partial charge in [-0.25, -0.2) is 0 Å². The summed E-state index contributed by atoms with van der Waals surface area (Å²) in [6, 6.07) is 10.8. The second-order valence-corrected chi connectivity index (χ2v) is 9.28. The number of hydrogen-bond donors (Lipinski definition) is 1. The lowest BCUT2D eigenvalue weighted by molar-refractivity contribution is 0.266. The van der Waals surface area contributed by atoms with Crippen molar-refractivity contribution < 1.29 is 0 Å². The Kier molecular flexibility index (Phi) is 8.31. The minimum Gasteiger partial charge on any atom is -0.344 e. The third-order valence-electron chi connectivity index (χ3n) is 5.45. The molecule has 3 rings (SSSR count). The van der Waals surface area contributed by atoms with E-state index in [4.69, 9.17) is 12.2 Å². The molecule has 1 N–H and O–H groups in total. The first-order valence-electron chi connectivity index (χ1n) is 10.5. The van der Waals surface area contributed by atoms with Gasteiger partial charge >= 0.3 is 0 Å². The van der Waals surface area contributed by atoms with E-state index < -0.39 is 0 Å². The molecule has 28 heavy (non-hydrogen) atoms. The Morgan fingerprint density at radius 3 is 2.64 bits per heavy atom. The molecule has 0 unspecified atom stereocenters. The molecule has 1 saturated heterocycles. The SMILES string of the molecule is Cc1ccc(C)c(NC(=S)N(CCCN2CCCCCC2)Cc2cccs2)c1. The van der Waals surface area contributed by atoms with E-state index in [0.717, 1.165) is 30.3 Å². The van der Waals surface area contributed by atoms with Crippen LogP contribution in [0.25, 0.3) is 0 Å². The topological polar surface area (TPSA) is 18.5 Å². The van der Waals surface area contributed by atoms with Crippen molar-refractivity contribution in [2.24, 2.45) is 0 Å². The van der Waals surface area contributed by atoms with Gasteiger partial charge in [-0.3, -0.25) is 0 Å².